The van der Waals surface area contributed by atoms with Crippen molar-refractivity contribution < 1.29 is 14.4 Å². The Morgan fingerprint density at radius 1 is 1.24 bits per heavy atom. The number of nitrogens with zero attached hydrogens (tertiary/aromatic N) is 2. The van der Waals surface area contributed by atoms with Crippen LogP contribution in [0, 0.1) is 5.41 Å². The van der Waals surface area contributed by atoms with Crippen LogP contribution in [0.2, 0.25) is 0 Å². The van der Waals surface area contributed by atoms with Crippen LogP contribution < -0.4 is 0 Å². The van der Waals surface area contributed by atoms with E-state index in [-0.39, 0.29) is 5.92 Å². The molecule has 21 heavy (non-hydrogen) atoms. The second-order valence-electron chi connectivity index (χ2n) is 7.08. The van der Waals surface area contributed by atoms with E-state index in [1.807, 2.05) is 13.8 Å². The Morgan fingerprint density at radius 3 is 2.38 bits per heavy atom. The first kappa shape index (κ1) is 16.4. The van der Waals surface area contributed by atoms with Crippen molar-refractivity contribution in [3.8, 4) is 0 Å². The molecule has 1 aliphatic carbocycles. The summed E-state index contributed by atoms with van der Waals surface area (Å²) in [6.45, 7) is 10.8. The van der Waals surface area contributed by atoms with E-state index >= 15 is 0 Å². The highest BCUT2D eigenvalue weighted by Crippen LogP contribution is 2.46. The van der Waals surface area contributed by atoms with Crippen LogP contribution in [0.15, 0.2) is 4.52 Å². The lowest BCUT2D eigenvalue weighted by atomic mass is 9.70. The number of aromatic nitrogens is 2. The molecule has 1 heterocycles. The first-order chi connectivity index (χ1) is 9.80. The second-order valence-corrected chi connectivity index (χ2v) is 7.08. The Morgan fingerprint density at radius 2 is 1.86 bits per heavy atom. The van der Waals surface area contributed by atoms with Gasteiger partial charge in [0.05, 0.1) is 12.0 Å². The highest BCUT2D eigenvalue weighted by atomic mass is 16.5. The summed E-state index contributed by atoms with van der Waals surface area (Å²) in [4.78, 5) is 4.53. The van der Waals surface area contributed by atoms with Crippen LogP contribution in [-0.4, -0.2) is 28.0 Å². The van der Waals surface area contributed by atoms with Gasteiger partial charge in [-0.2, -0.15) is 4.98 Å². The molecule has 2 rings (SSSR count). The lowest BCUT2D eigenvalue weighted by Crippen LogP contribution is -2.38. The van der Waals surface area contributed by atoms with Crippen LogP contribution in [-0.2, 0) is 10.3 Å². The minimum absolute atomic E-state index is 0.162. The molecule has 1 N–H and O–H groups in total. The smallest absolute Gasteiger partial charge is 0.232 e. The van der Waals surface area contributed by atoms with Gasteiger partial charge in [-0.25, -0.2) is 0 Å². The minimum atomic E-state index is -0.508. The van der Waals surface area contributed by atoms with E-state index in [0.717, 1.165) is 25.7 Å². The zero-order chi connectivity index (χ0) is 15.7. The maximum Gasteiger partial charge on any atom is 0.232 e. The standard InChI is InChI=1S/C16H28N2O3/c1-6-20-16(9-7-15(4,5)8-10-16)14-17-13(21-18-14)11(2)12(3)19/h11-12,19H,6-10H2,1-5H3. The van der Waals surface area contributed by atoms with E-state index < -0.39 is 11.7 Å². The van der Waals surface area contributed by atoms with Crippen LogP contribution in [0.4, 0.5) is 0 Å². The van der Waals surface area contributed by atoms with Crippen molar-refractivity contribution in [2.24, 2.45) is 5.41 Å². The van der Waals surface area contributed by atoms with E-state index in [4.69, 9.17) is 9.26 Å². The number of ether oxygens (including phenoxy) is 1. The monoisotopic (exact) mass is 296 g/mol. The summed E-state index contributed by atoms with van der Waals surface area (Å²) < 4.78 is 11.4. The van der Waals surface area contributed by atoms with Crippen molar-refractivity contribution >= 4 is 0 Å². The van der Waals surface area contributed by atoms with E-state index in [1.165, 1.54) is 0 Å². The van der Waals surface area contributed by atoms with Crippen LogP contribution in [0.25, 0.3) is 0 Å². The predicted octanol–water partition coefficient (Wildman–Crippen LogP) is 3.39. The van der Waals surface area contributed by atoms with Crippen LogP contribution in [0.1, 0.15) is 77.9 Å². The molecule has 1 aromatic rings. The molecule has 120 valence electrons. The third kappa shape index (κ3) is 3.46. The van der Waals surface area contributed by atoms with Gasteiger partial charge < -0.3 is 14.4 Å². The van der Waals surface area contributed by atoms with E-state index in [9.17, 15) is 5.11 Å². The average Bonchev–Trinajstić information content (AvgIpc) is 2.91. The van der Waals surface area contributed by atoms with Crippen molar-refractivity contribution in [2.75, 3.05) is 6.61 Å². The summed E-state index contributed by atoms with van der Waals surface area (Å²) >= 11 is 0. The van der Waals surface area contributed by atoms with Gasteiger partial charge in [0.15, 0.2) is 0 Å². The van der Waals surface area contributed by atoms with Gasteiger partial charge in [0, 0.05) is 6.61 Å². The van der Waals surface area contributed by atoms with Crippen molar-refractivity contribution in [1.82, 2.24) is 10.1 Å². The summed E-state index contributed by atoms with van der Waals surface area (Å²) in [6.07, 6.45) is 3.49. The fourth-order valence-electron chi connectivity index (χ4n) is 2.85. The molecule has 5 nitrogen and oxygen atoms in total. The highest BCUT2D eigenvalue weighted by Gasteiger charge is 2.44. The molecule has 0 aliphatic heterocycles. The quantitative estimate of drug-likeness (QED) is 0.902. The van der Waals surface area contributed by atoms with Gasteiger partial charge in [-0.05, 0) is 44.9 Å². The first-order valence-corrected chi connectivity index (χ1v) is 7.96. The van der Waals surface area contributed by atoms with Crippen molar-refractivity contribution in [1.29, 1.82) is 0 Å². The summed E-state index contributed by atoms with van der Waals surface area (Å²) in [5, 5.41) is 13.8. The number of hydrogen-bond donors (Lipinski definition) is 1. The molecule has 0 aromatic carbocycles. The maximum atomic E-state index is 9.67. The van der Waals surface area contributed by atoms with E-state index in [0.29, 0.717) is 23.7 Å². The van der Waals surface area contributed by atoms with Gasteiger partial charge in [0.25, 0.3) is 0 Å². The van der Waals surface area contributed by atoms with Crippen molar-refractivity contribution in [2.45, 2.75) is 77.9 Å². The largest absolute Gasteiger partial charge is 0.393 e. The van der Waals surface area contributed by atoms with Crippen molar-refractivity contribution in [3.05, 3.63) is 11.7 Å². The van der Waals surface area contributed by atoms with E-state index in [1.54, 1.807) is 6.92 Å². The molecule has 1 saturated carbocycles. The van der Waals surface area contributed by atoms with Gasteiger partial charge in [0.2, 0.25) is 11.7 Å². The zero-order valence-electron chi connectivity index (χ0n) is 13.8. The molecule has 2 atom stereocenters. The van der Waals surface area contributed by atoms with Gasteiger partial charge >= 0.3 is 0 Å². The number of aliphatic hydroxyl groups excluding tert-OH is 1. The average molecular weight is 296 g/mol. The molecule has 0 saturated heterocycles. The molecular formula is C16H28N2O3. The zero-order valence-corrected chi connectivity index (χ0v) is 13.8. The number of rotatable bonds is 5. The maximum absolute atomic E-state index is 9.67. The second kappa shape index (κ2) is 6.05. The third-order valence-electron chi connectivity index (χ3n) is 4.79. The number of aliphatic hydroxyl groups is 1. The van der Waals surface area contributed by atoms with Crippen LogP contribution >= 0.6 is 0 Å². The van der Waals surface area contributed by atoms with E-state index in [2.05, 4.69) is 24.0 Å². The molecule has 1 fully saturated rings. The molecule has 1 aliphatic rings. The Labute approximate surface area is 127 Å². The van der Waals surface area contributed by atoms with Gasteiger partial charge in [-0.1, -0.05) is 25.9 Å². The van der Waals surface area contributed by atoms with Gasteiger partial charge in [0.1, 0.15) is 5.60 Å². The highest BCUT2D eigenvalue weighted by molar-refractivity contribution is 5.07. The molecular weight excluding hydrogens is 268 g/mol. The summed E-state index contributed by atoms with van der Waals surface area (Å²) in [6, 6.07) is 0. The first-order valence-electron chi connectivity index (χ1n) is 7.96. The Balaban J connectivity index is 2.23. The molecule has 5 heteroatoms. The lowest BCUT2D eigenvalue weighted by Gasteiger charge is -2.41. The minimum Gasteiger partial charge on any atom is -0.393 e. The normalized spacial score (nSPS) is 23.7. The predicted molar refractivity (Wildman–Crippen MR) is 79.9 cm³/mol. The molecule has 2 unspecified atom stereocenters. The molecule has 1 aromatic heterocycles. The number of hydrogen-bond acceptors (Lipinski definition) is 5. The SMILES string of the molecule is CCOC1(c2noc(C(C)C(C)O)n2)CCC(C)(C)CC1. The topological polar surface area (TPSA) is 68.4 Å². The summed E-state index contributed by atoms with van der Waals surface area (Å²) in [5.41, 5.74) is -0.0789. The third-order valence-corrected chi connectivity index (χ3v) is 4.79. The molecule has 0 spiro atoms. The van der Waals surface area contributed by atoms with Gasteiger partial charge in [-0.15, -0.1) is 0 Å². The summed E-state index contributed by atoms with van der Waals surface area (Å²) in [7, 11) is 0. The van der Waals surface area contributed by atoms with Crippen LogP contribution in [0.3, 0.4) is 0 Å². The molecule has 0 bridgehead atoms. The van der Waals surface area contributed by atoms with Crippen LogP contribution in [0.5, 0.6) is 0 Å². The van der Waals surface area contributed by atoms with Crippen molar-refractivity contribution in [3.63, 3.8) is 0 Å². The Bertz CT molecular complexity index is 458. The Kier molecular flexibility index (Phi) is 4.73. The fourth-order valence-corrected chi connectivity index (χ4v) is 2.85. The fraction of sp³-hybridized carbons (Fsp3) is 0.875. The summed E-state index contributed by atoms with van der Waals surface area (Å²) in [5.74, 6) is 0.969. The Hall–Kier alpha value is -0.940. The lowest BCUT2D eigenvalue weighted by molar-refractivity contribution is -0.0957. The molecule has 0 radical (unpaired) electrons. The van der Waals surface area contributed by atoms with Gasteiger partial charge in [-0.3, -0.25) is 0 Å². The molecule has 0 amide bonds.